The monoisotopic (exact) mass is 912 g/mol. The zero-order chi connectivity index (χ0) is 47.0. The molecule has 350 valence electrons. The highest BCUT2D eigenvalue weighted by Crippen LogP contribution is 2.40. The second-order valence-corrected chi connectivity index (χ2v) is 16.9. The fraction of sp³-hybridized carbons (Fsp3) is 0.360. The van der Waals surface area contributed by atoms with Crippen LogP contribution in [0.5, 0.6) is 5.75 Å². The number of fused-ring (bicyclic) bond motifs is 2. The van der Waals surface area contributed by atoms with Crippen molar-refractivity contribution in [3.8, 4) is 16.9 Å². The highest BCUT2D eigenvalue weighted by Gasteiger charge is 2.46. The number of hydrogen-bond acceptors (Lipinski definition) is 10. The number of nitrogens with zero attached hydrogens (tertiary/aromatic N) is 5. The first-order valence-corrected chi connectivity index (χ1v) is 22.7. The van der Waals surface area contributed by atoms with Crippen molar-refractivity contribution in [2.24, 2.45) is 14.1 Å². The molecule has 3 atom stereocenters. The van der Waals surface area contributed by atoms with Crippen molar-refractivity contribution in [1.29, 1.82) is 0 Å². The molecule has 2 aromatic carbocycles. The average Bonchev–Trinajstić information content (AvgIpc) is 3.89. The summed E-state index contributed by atoms with van der Waals surface area (Å²) in [6.45, 7) is 6.76. The number of rotatable bonds is 15. The van der Waals surface area contributed by atoms with Gasteiger partial charge in [-0.05, 0) is 105 Å². The zero-order valence-corrected chi connectivity index (χ0v) is 38.0. The van der Waals surface area contributed by atoms with Gasteiger partial charge in [-0.3, -0.25) is 24.2 Å². The predicted molar refractivity (Wildman–Crippen MR) is 252 cm³/mol. The summed E-state index contributed by atoms with van der Waals surface area (Å²) >= 11 is 0. The summed E-state index contributed by atoms with van der Waals surface area (Å²) in [4.78, 5) is 74.8. The Balaban J connectivity index is 0.874. The van der Waals surface area contributed by atoms with Crippen molar-refractivity contribution in [1.82, 2.24) is 19.0 Å². The molecule has 0 spiro atoms. The molecule has 3 aromatic heterocycles. The Morgan fingerprint density at radius 3 is 2.28 bits per heavy atom. The summed E-state index contributed by atoms with van der Waals surface area (Å²) in [7, 11) is 3.53. The summed E-state index contributed by atoms with van der Waals surface area (Å²) in [5.74, 6) is -0.615. The third-order valence-corrected chi connectivity index (χ3v) is 12.1. The lowest BCUT2D eigenvalue weighted by Crippen LogP contribution is -2.57. The topological polar surface area (TPSA) is 188 Å². The highest BCUT2D eigenvalue weighted by molar-refractivity contribution is 6.07. The summed E-state index contributed by atoms with van der Waals surface area (Å²) in [5, 5.41) is 8.66. The minimum atomic E-state index is -0.863. The SMILES string of the molecule is C=CCOC(=O)N1c2cc(OCCCC(=O)Nc3cc(C(=O)Nc4ccc(-c5cc(C(=O)Nc6ccncc6)n(C)c5)cc4)n(C)c3)c(C)cc2C(=O)N2CCCC[C@H]2C1OC1CCCCO1. The van der Waals surface area contributed by atoms with E-state index in [1.54, 1.807) is 90.4 Å². The third-order valence-electron chi connectivity index (χ3n) is 12.1. The molecule has 3 aliphatic heterocycles. The highest BCUT2D eigenvalue weighted by atomic mass is 16.7. The lowest BCUT2D eigenvalue weighted by Gasteiger charge is -2.42. The van der Waals surface area contributed by atoms with Crippen molar-refractivity contribution in [3.05, 3.63) is 121 Å². The molecule has 0 bridgehead atoms. The number of piperidine rings is 1. The Morgan fingerprint density at radius 2 is 1.55 bits per heavy atom. The molecule has 5 aromatic rings. The van der Waals surface area contributed by atoms with Crippen molar-refractivity contribution in [2.45, 2.75) is 76.9 Å². The van der Waals surface area contributed by atoms with E-state index in [2.05, 4.69) is 27.5 Å². The van der Waals surface area contributed by atoms with Gasteiger partial charge >= 0.3 is 6.09 Å². The second-order valence-electron chi connectivity index (χ2n) is 16.9. The van der Waals surface area contributed by atoms with Gasteiger partial charge in [-0.2, -0.15) is 0 Å². The van der Waals surface area contributed by atoms with E-state index >= 15 is 0 Å². The molecule has 6 heterocycles. The normalized spacial score (nSPS) is 18.0. The minimum Gasteiger partial charge on any atom is -0.493 e. The molecular formula is C50H56N8O9. The standard InChI is InChI=1S/C50H56N8O9/c1-5-23-66-50(63)58-40-29-43(32(2)26-38(40)48(62)57-22-8-6-11-39(57)49(58)67-45-13-7-9-24-65-45)64-25-10-12-44(59)52-37-28-42(56(4)31-37)47(61)53-35-16-14-33(15-17-35)34-27-41(55(3)30-34)46(60)54-36-18-20-51-21-19-36/h5,14-21,26-31,39,45,49H,1,6-13,22-25H2,2-4H3,(H,52,59)(H,53,61)(H,51,54,60)/t39-,45?,49?/m0/s1. The number of anilines is 4. The van der Waals surface area contributed by atoms with Crippen LogP contribution in [0.4, 0.5) is 27.5 Å². The van der Waals surface area contributed by atoms with Crippen LogP contribution in [0, 0.1) is 6.92 Å². The molecule has 5 amide bonds. The molecule has 67 heavy (non-hydrogen) atoms. The number of carbonyl (C=O) groups excluding carboxylic acids is 5. The van der Waals surface area contributed by atoms with Crippen LogP contribution in [-0.2, 0) is 33.1 Å². The number of pyridine rings is 1. The summed E-state index contributed by atoms with van der Waals surface area (Å²) in [6, 6.07) is 17.2. The maximum atomic E-state index is 14.2. The van der Waals surface area contributed by atoms with E-state index in [1.807, 2.05) is 30.2 Å². The molecule has 3 aliphatic rings. The van der Waals surface area contributed by atoms with E-state index in [1.165, 1.54) is 11.0 Å². The van der Waals surface area contributed by atoms with Crippen molar-refractivity contribution in [2.75, 3.05) is 47.2 Å². The van der Waals surface area contributed by atoms with Crippen LogP contribution in [0.1, 0.15) is 88.3 Å². The molecular weight excluding hydrogens is 857 g/mol. The fourth-order valence-corrected chi connectivity index (χ4v) is 8.72. The quantitative estimate of drug-likeness (QED) is 0.0685. The first-order valence-electron chi connectivity index (χ1n) is 22.7. The first-order chi connectivity index (χ1) is 32.5. The van der Waals surface area contributed by atoms with E-state index < -0.39 is 24.7 Å². The van der Waals surface area contributed by atoms with E-state index in [0.29, 0.717) is 83.4 Å². The number of aromatic nitrogens is 3. The Kier molecular flexibility index (Phi) is 14.5. The number of amides is 5. The van der Waals surface area contributed by atoms with Crippen molar-refractivity contribution in [3.63, 3.8) is 0 Å². The molecule has 0 aliphatic carbocycles. The van der Waals surface area contributed by atoms with Crippen LogP contribution in [0.2, 0.25) is 0 Å². The number of ether oxygens (including phenoxy) is 4. The number of benzene rings is 2. The van der Waals surface area contributed by atoms with Gasteiger partial charge in [0, 0.05) is 81.5 Å². The van der Waals surface area contributed by atoms with Crippen molar-refractivity contribution < 1.29 is 42.9 Å². The summed E-state index contributed by atoms with van der Waals surface area (Å²) < 4.78 is 27.8. The van der Waals surface area contributed by atoms with Gasteiger partial charge in [0.2, 0.25) is 5.91 Å². The smallest absolute Gasteiger partial charge is 0.416 e. The van der Waals surface area contributed by atoms with Gasteiger partial charge in [0.1, 0.15) is 23.7 Å². The maximum Gasteiger partial charge on any atom is 0.416 e. The Hall–Kier alpha value is -7.24. The molecule has 2 unspecified atom stereocenters. The zero-order valence-electron chi connectivity index (χ0n) is 38.0. The Bertz CT molecular complexity index is 2620. The Labute approximate surface area is 389 Å². The van der Waals surface area contributed by atoms with Crippen LogP contribution in [0.25, 0.3) is 11.1 Å². The molecule has 17 heteroatoms. The van der Waals surface area contributed by atoms with Gasteiger partial charge in [0.15, 0.2) is 12.5 Å². The predicted octanol–water partition coefficient (Wildman–Crippen LogP) is 8.04. The number of hydrogen-bond donors (Lipinski definition) is 3. The van der Waals surface area contributed by atoms with Gasteiger partial charge in [-0.25, -0.2) is 9.69 Å². The number of carbonyl (C=O) groups is 5. The minimum absolute atomic E-state index is 0.0282. The molecule has 0 saturated carbocycles. The number of nitrogens with one attached hydrogen (secondary N) is 3. The van der Waals surface area contributed by atoms with Gasteiger partial charge in [-0.1, -0.05) is 24.8 Å². The fourth-order valence-electron chi connectivity index (χ4n) is 8.72. The average molecular weight is 913 g/mol. The van der Waals surface area contributed by atoms with Gasteiger partial charge < -0.3 is 48.9 Å². The van der Waals surface area contributed by atoms with E-state index in [9.17, 15) is 24.0 Å². The van der Waals surface area contributed by atoms with Crippen LogP contribution >= 0.6 is 0 Å². The summed E-state index contributed by atoms with van der Waals surface area (Å²) in [6.07, 6.45) is 11.5. The number of aryl methyl sites for hydroxylation is 3. The molecule has 2 saturated heterocycles. The molecule has 0 radical (unpaired) electrons. The lowest BCUT2D eigenvalue weighted by molar-refractivity contribution is -0.198. The second kappa shape index (κ2) is 20.9. The first kappa shape index (κ1) is 46.3. The van der Waals surface area contributed by atoms with Gasteiger partial charge in [0.05, 0.1) is 29.6 Å². The maximum absolute atomic E-state index is 14.2. The molecule has 3 N–H and O–H groups in total. The van der Waals surface area contributed by atoms with Crippen molar-refractivity contribution >= 4 is 52.5 Å². The largest absolute Gasteiger partial charge is 0.493 e. The van der Waals surface area contributed by atoms with E-state index in [0.717, 1.165) is 36.8 Å². The van der Waals surface area contributed by atoms with E-state index in [-0.39, 0.29) is 43.3 Å². The third kappa shape index (κ3) is 10.7. The van der Waals surface area contributed by atoms with Crippen LogP contribution in [0.15, 0.2) is 98.1 Å². The molecule has 2 fully saturated rings. The van der Waals surface area contributed by atoms with Gasteiger partial charge in [0.25, 0.3) is 17.7 Å². The van der Waals surface area contributed by atoms with Crippen LogP contribution in [0.3, 0.4) is 0 Å². The van der Waals surface area contributed by atoms with Crippen LogP contribution < -0.4 is 25.6 Å². The van der Waals surface area contributed by atoms with Gasteiger partial charge in [-0.15, -0.1) is 0 Å². The molecule has 17 nitrogen and oxygen atoms in total. The summed E-state index contributed by atoms with van der Waals surface area (Å²) in [5.41, 5.74) is 5.57. The van der Waals surface area contributed by atoms with E-state index in [4.69, 9.17) is 18.9 Å². The van der Waals surface area contributed by atoms with Crippen LogP contribution in [-0.4, -0.2) is 93.7 Å². The molecule has 8 rings (SSSR count). The Morgan fingerprint density at radius 1 is 0.836 bits per heavy atom. The lowest BCUT2D eigenvalue weighted by atomic mass is 10.00.